The molecule has 0 radical (unpaired) electrons. The molecule has 1 nitrogen and oxygen atoms in total. The SMILES string of the molecule is Cc1cc(-c2cccc(C(F)(F)F)c2)ccc1C#N. The van der Waals surface area contributed by atoms with E-state index >= 15 is 0 Å². The van der Waals surface area contributed by atoms with Gasteiger partial charge in [-0.15, -0.1) is 0 Å². The third kappa shape index (κ3) is 2.76. The van der Waals surface area contributed by atoms with Gasteiger partial charge in [0.2, 0.25) is 0 Å². The molecular formula is C15H10F3N. The van der Waals surface area contributed by atoms with Crippen LogP contribution in [0.5, 0.6) is 0 Å². The van der Waals surface area contributed by atoms with Gasteiger partial charge in [-0.05, 0) is 41.8 Å². The van der Waals surface area contributed by atoms with E-state index in [1.165, 1.54) is 6.07 Å². The fourth-order valence-electron chi connectivity index (χ4n) is 1.84. The van der Waals surface area contributed by atoms with Crippen molar-refractivity contribution in [2.75, 3.05) is 0 Å². The highest BCUT2D eigenvalue weighted by Gasteiger charge is 2.30. The number of benzene rings is 2. The number of hydrogen-bond donors (Lipinski definition) is 0. The first-order valence-electron chi connectivity index (χ1n) is 5.60. The van der Waals surface area contributed by atoms with E-state index in [9.17, 15) is 13.2 Å². The maximum Gasteiger partial charge on any atom is 0.416 e. The smallest absolute Gasteiger partial charge is 0.192 e. The molecule has 0 fully saturated rings. The minimum absolute atomic E-state index is 0.488. The van der Waals surface area contributed by atoms with Gasteiger partial charge < -0.3 is 0 Å². The van der Waals surface area contributed by atoms with E-state index in [2.05, 4.69) is 0 Å². The highest BCUT2D eigenvalue weighted by Crippen LogP contribution is 2.32. The van der Waals surface area contributed by atoms with Crippen molar-refractivity contribution in [3.05, 3.63) is 59.2 Å². The zero-order chi connectivity index (χ0) is 14.0. The number of halogens is 3. The van der Waals surface area contributed by atoms with E-state index < -0.39 is 11.7 Å². The summed E-state index contributed by atoms with van der Waals surface area (Å²) in [6, 6.07) is 12.2. The summed E-state index contributed by atoms with van der Waals surface area (Å²) in [6.07, 6.45) is -4.35. The quantitative estimate of drug-likeness (QED) is 0.738. The fourth-order valence-corrected chi connectivity index (χ4v) is 1.84. The second kappa shape index (κ2) is 4.77. The first kappa shape index (κ1) is 13.2. The van der Waals surface area contributed by atoms with Gasteiger partial charge in [-0.3, -0.25) is 0 Å². The third-order valence-electron chi connectivity index (χ3n) is 2.87. The Kier molecular flexibility index (Phi) is 3.30. The summed E-state index contributed by atoms with van der Waals surface area (Å²) in [5, 5.41) is 8.83. The van der Waals surface area contributed by atoms with Crippen molar-refractivity contribution >= 4 is 0 Å². The van der Waals surface area contributed by atoms with E-state index in [-0.39, 0.29) is 0 Å². The zero-order valence-corrected chi connectivity index (χ0v) is 10.1. The van der Waals surface area contributed by atoms with Crippen LogP contribution in [0.2, 0.25) is 0 Å². The van der Waals surface area contributed by atoms with Gasteiger partial charge >= 0.3 is 6.18 Å². The van der Waals surface area contributed by atoms with Crippen molar-refractivity contribution in [2.24, 2.45) is 0 Å². The summed E-state index contributed by atoms with van der Waals surface area (Å²) in [6.45, 7) is 1.76. The van der Waals surface area contributed by atoms with Crippen molar-refractivity contribution in [2.45, 2.75) is 13.1 Å². The molecule has 0 aromatic heterocycles. The van der Waals surface area contributed by atoms with Crippen molar-refractivity contribution in [3.8, 4) is 17.2 Å². The van der Waals surface area contributed by atoms with Gasteiger partial charge in [0.15, 0.2) is 0 Å². The topological polar surface area (TPSA) is 23.8 Å². The Labute approximate surface area is 108 Å². The van der Waals surface area contributed by atoms with Crippen LogP contribution < -0.4 is 0 Å². The Hall–Kier alpha value is -2.28. The van der Waals surface area contributed by atoms with Crippen LogP contribution in [0.4, 0.5) is 13.2 Å². The molecule has 4 heteroatoms. The average Bonchev–Trinajstić information content (AvgIpc) is 2.38. The molecule has 0 bridgehead atoms. The molecule has 0 aliphatic carbocycles. The first-order valence-corrected chi connectivity index (χ1v) is 5.60. The molecule has 0 aliphatic heterocycles. The van der Waals surface area contributed by atoms with Crippen molar-refractivity contribution < 1.29 is 13.2 Å². The summed E-state index contributed by atoms with van der Waals surface area (Å²) in [7, 11) is 0. The van der Waals surface area contributed by atoms with Gasteiger partial charge in [0.1, 0.15) is 0 Å². The normalized spacial score (nSPS) is 11.1. The zero-order valence-electron chi connectivity index (χ0n) is 10.1. The molecule has 0 N–H and O–H groups in total. The Bertz CT molecular complexity index is 651. The van der Waals surface area contributed by atoms with Gasteiger partial charge in [0.05, 0.1) is 17.2 Å². The Morgan fingerprint density at radius 3 is 2.26 bits per heavy atom. The van der Waals surface area contributed by atoms with Crippen LogP contribution in [0, 0.1) is 18.3 Å². The minimum atomic E-state index is -4.35. The molecule has 0 atom stereocenters. The summed E-state index contributed by atoms with van der Waals surface area (Å²) in [5.41, 5.74) is 1.75. The number of rotatable bonds is 1. The number of nitrogens with zero attached hydrogens (tertiary/aromatic N) is 1. The largest absolute Gasteiger partial charge is 0.416 e. The van der Waals surface area contributed by atoms with E-state index in [1.807, 2.05) is 6.07 Å². The van der Waals surface area contributed by atoms with Crippen molar-refractivity contribution in [1.82, 2.24) is 0 Å². The molecule has 0 spiro atoms. The minimum Gasteiger partial charge on any atom is -0.192 e. The molecule has 19 heavy (non-hydrogen) atoms. The van der Waals surface area contributed by atoms with Crippen LogP contribution in [-0.2, 0) is 6.18 Å². The molecule has 0 saturated carbocycles. The van der Waals surface area contributed by atoms with E-state index in [1.54, 1.807) is 31.2 Å². The molecular weight excluding hydrogens is 251 g/mol. The molecule has 0 unspecified atom stereocenters. The van der Waals surface area contributed by atoms with Gasteiger partial charge in [0.25, 0.3) is 0 Å². The first-order chi connectivity index (χ1) is 8.91. The highest BCUT2D eigenvalue weighted by molar-refractivity contribution is 5.66. The van der Waals surface area contributed by atoms with Crippen LogP contribution in [0.1, 0.15) is 16.7 Å². The van der Waals surface area contributed by atoms with Gasteiger partial charge in [-0.1, -0.05) is 24.3 Å². The molecule has 2 aromatic rings. The molecule has 0 heterocycles. The number of alkyl halides is 3. The van der Waals surface area contributed by atoms with Crippen molar-refractivity contribution in [3.63, 3.8) is 0 Å². The second-order valence-electron chi connectivity index (χ2n) is 4.22. The molecule has 0 aliphatic rings. The Balaban J connectivity index is 2.48. The van der Waals surface area contributed by atoms with Crippen LogP contribution in [0.3, 0.4) is 0 Å². The lowest BCUT2D eigenvalue weighted by Crippen LogP contribution is -2.04. The monoisotopic (exact) mass is 261 g/mol. The molecule has 0 amide bonds. The Morgan fingerprint density at radius 1 is 1.00 bits per heavy atom. The fraction of sp³-hybridized carbons (Fsp3) is 0.133. The number of hydrogen-bond acceptors (Lipinski definition) is 1. The van der Waals surface area contributed by atoms with E-state index in [0.29, 0.717) is 16.7 Å². The summed E-state index contributed by atoms with van der Waals surface area (Å²) in [5.74, 6) is 0. The van der Waals surface area contributed by atoms with Crippen LogP contribution in [0.15, 0.2) is 42.5 Å². The summed E-state index contributed by atoms with van der Waals surface area (Å²) in [4.78, 5) is 0. The highest BCUT2D eigenvalue weighted by atomic mass is 19.4. The Morgan fingerprint density at radius 2 is 1.68 bits per heavy atom. The predicted molar refractivity (Wildman–Crippen MR) is 66.3 cm³/mol. The second-order valence-corrected chi connectivity index (χ2v) is 4.22. The average molecular weight is 261 g/mol. The molecule has 0 saturated heterocycles. The number of nitriles is 1. The van der Waals surface area contributed by atoms with Crippen LogP contribution >= 0.6 is 0 Å². The maximum absolute atomic E-state index is 12.6. The molecule has 96 valence electrons. The standard InChI is InChI=1S/C15H10F3N/c1-10-7-12(5-6-13(10)9-19)11-3-2-4-14(8-11)15(16,17)18/h2-8H,1H3. The lowest BCUT2D eigenvalue weighted by Gasteiger charge is -2.09. The molecule has 2 rings (SSSR count). The van der Waals surface area contributed by atoms with Crippen LogP contribution in [0.25, 0.3) is 11.1 Å². The summed E-state index contributed by atoms with van der Waals surface area (Å²) < 4.78 is 37.9. The van der Waals surface area contributed by atoms with Crippen LogP contribution in [-0.4, -0.2) is 0 Å². The third-order valence-corrected chi connectivity index (χ3v) is 2.87. The summed E-state index contributed by atoms with van der Waals surface area (Å²) >= 11 is 0. The predicted octanol–water partition coefficient (Wildman–Crippen LogP) is 4.55. The van der Waals surface area contributed by atoms with Gasteiger partial charge in [0, 0.05) is 0 Å². The molecule has 2 aromatic carbocycles. The lowest BCUT2D eigenvalue weighted by molar-refractivity contribution is -0.137. The maximum atomic E-state index is 12.6. The van der Waals surface area contributed by atoms with E-state index in [0.717, 1.165) is 17.7 Å². The van der Waals surface area contributed by atoms with Gasteiger partial charge in [-0.25, -0.2) is 0 Å². The lowest BCUT2D eigenvalue weighted by atomic mass is 9.99. The van der Waals surface area contributed by atoms with Gasteiger partial charge in [-0.2, -0.15) is 18.4 Å². The van der Waals surface area contributed by atoms with E-state index in [4.69, 9.17) is 5.26 Å². The number of aryl methyl sites for hydroxylation is 1. The van der Waals surface area contributed by atoms with Crippen molar-refractivity contribution in [1.29, 1.82) is 5.26 Å².